The van der Waals surface area contributed by atoms with Gasteiger partial charge in [-0.1, -0.05) is 31.0 Å². The smallest absolute Gasteiger partial charge is 0.252 e. The monoisotopic (exact) mass is 478 g/mol. The maximum Gasteiger partial charge on any atom is 0.252 e. The zero-order chi connectivity index (χ0) is 23.5. The summed E-state index contributed by atoms with van der Waals surface area (Å²) in [5, 5.41) is 2.88. The number of carbonyl (C=O) groups excluding carboxylic acids is 1. The normalized spacial score (nSPS) is 16.8. The summed E-state index contributed by atoms with van der Waals surface area (Å²) in [6.07, 6.45) is 4.87. The van der Waals surface area contributed by atoms with E-state index in [0.717, 1.165) is 37.5 Å². The summed E-state index contributed by atoms with van der Waals surface area (Å²) >= 11 is 0. The van der Waals surface area contributed by atoms with Gasteiger partial charge in [0, 0.05) is 24.9 Å². The lowest BCUT2D eigenvalue weighted by molar-refractivity contribution is 0.0939. The van der Waals surface area contributed by atoms with Crippen molar-refractivity contribution in [1.29, 1.82) is 0 Å². The zero-order valence-electron chi connectivity index (χ0n) is 18.7. The Labute approximate surface area is 190 Å². The van der Waals surface area contributed by atoms with E-state index in [1.165, 1.54) is 22.5 Å². The molecule has 0 aromatic heterocycles. The largest absolute Gasteiger partial charge is 0.346 e. The van der Waals surface area contributed by atoms with Crippen LogP contribution in [0.5, 0.6) is 0 Å². The van der Waals surface area contributed by atoms with Gasteiger partial charge >= 0.3 is 0 Å². The lowest BCUT2D eigenvalue weighted by atomic mass is 10.1. The van der Waals surface area contributed by atoms with Crippen molar-refractivity contribution in [1.82, 2.24) is 9.62 Å². The van der Waals surface area contributed by atoms with Crippen LogP contribution in [0.1, 0.15) is 60.1 Å². The molecule has 1 saturated heterocycles. The Hall–Kier alpha value is -2.23. The van der Waals surface area contributed by atoms with E-state index in [1.54, 1.807) is 38.1 Å². The highest BCUT2D eigenvalue weighted by atomic mass is 32.2. The summed E-state index contributed by atoms with van der Waals surface area (Å²) in [5.41, 5.74) is 1.73. The SMILES string of the molecule is Cc1ccc(S(=O)(=O)N2CCCCCC2)cc1C(=O)NC(C)c1ccc(S(C)(=O)=O)cc1. The van der Waals surface area contributed by atoms with Crippen molar-refractivity contribution in [3.63, 3.8) is 0 Å². The highest BCUT2D eigenvalue weighted by molar-refractivity contribution is 7.90. The Morgan fingerprint density at radius 2 is 1.47 bits per heavy atom. The maximum atomic E-state index is 13.1. The second-order valence-electron chi connectivity index (χ2n) is 8.33. The molecule has 1 amide bonds. The number of nitrogens with zero attached hydrogens (tertiary/aromatic N) is 1. The number of nitrogens with one attached hydrogen (secondary N) is 1. The lowest BCUT2D eigenvalue weighted by Gasteiger charge is -2.21. The number of hydrogen-bond donors (Lipinski definition) is 1. The number of sulfone groups is 1. The number of hydrogen-bond acceptors (Lipinski definition) is 5. The second kappa shape index (κ2) is 9.72. The summed E-state index contributed by atoms with van der Waals surface area (Å²) in [6.45, 7) is 4.56. The third kappa shape index (κ3) is 5.57. The van der Waals surface area contributed by atoms with E-state index in [9.17, 15) is 21.6 Å². The van der Waals surface area contributed by atoms with Crippen LogP contribution in [0.3, 0.4) is 0 Å². The Kier molecular flexibility index (Phi) is 7.42. The van der Waals surface area contributed by atoms with Crippen molar-refractivity contribution in [2.75, 3.05) is 19.3 Å². The van der Waals surface area contributed by atoms with Crippen LogP contribution in [0.2, 0.25) is 0 Å². The standard InChI is InChI=1S/C23H30N2O5S2/c1-17-8-11-21(32(29,30)25-14-6-4-5-7-15-25)16-22(17)23(26)24-18(2)19-9-12-20(13-10-19)31(3,27)28/h8-13,16,18H,4-7,14-15H2,1-3H3,(H,24,26). The molecule has 2 aromatic rings. The fourth-order valence-electron chi connectivity index (χ4n) is 3.80. The fourth-order valence-corrected chi connectivity index (χ4v) is 5.97. The van der Waals surface area contributed by atoms with Gasteiger partial charge in [-0.25, -0.2) is 16.8 Å². The Morgan fingerprint density at radius 1 is 0.906 bits per heavy atom. The average molecular weight is 479 g/mol. The molecular weight excluding hydrogens is 448 g/mol. The van der Waals surface area contributed by atoms with Gasteiger partial charge in [0.15, 0.2) is 9.84 Å². The van der Waals surface area contributed by atoms with Crippen LogP contribution in [0.4, 0.5) is 0 Å². The molecule has 1 aliphatic heterocycles. The number of benzene rings is 2. The quantitative estimate of drug-likeness (QED) is 0.685. The molecule has 0 bridgehead atoms. The van der Waals surface area contributed by atoms with Gasteiger partial charge in [0.2, 0.25) is 10.0 Å². The highest BCUT2D eigenvalue weighted by Gasteiger charge is 2.26. The topological polar surface area (TPSA) is 101 Å². The number of carbonyl (C=O) groups is 1. The van der Waals surface area contributed by atoms with E-state index in [4.69, 9.17) is 0 Å². The first-order valence-electron chi connectivity index (χ1n) is 10.7. The predicted molar refractivity (Wildman–Crippen MR) is 124 cm³/mol. The molecular formula is C23H30N2O5S2. The van der Waals surface area contributed by atoms with Crippen molar-refractivity contribution < 1.29 is 21.6 Å². The van der Waals surface area contributed by atoms with E-state index in [-0.39, 0.29) is 21.7 Å². The molecule has 0 spiro atoms. The third-order valence-corrected chi connectivity index (χ3v) is 8.84. The van der Waals surface area contributed by atoms with Crippen LogP contribution in [0.25, 0.3) is 0 Å². The molecule has 3 rings (SSSR count). The molecule has 0 saturated carbocycles. The molecule has 1 fully saturated rings. The van der Waals surface area contributed by atoms with Gasteiger partial charge in [-0.2, -0.15) is 4.31 Å². The van der Waals surface area contributed by atoms with Crippen LogP contribution < -0.4 is 5.32 Å². The van der Waals surface area contributed by atoms with Gasteiger partial charge in [0.05, 0.1) is 15.8 Å². The van der Waals surface area contributed by atoms with Crippen LogP contribution >= 0.6 is 0 Å². The predicted octanol–water partition coefficient (Wildman–Crippen LogP) is 3.45. The van der Waals surface area contributed by atoms with Gasteiger partial charge in [0.1, 0.15) is 0 Å². The van der Waals surface area contributed by atoms with E-state index in [2.05, 4.69) is 5.32 Å². The first kappa shape index (κ1) is 24.4. The van der Waals surface area contributed by atoms with E-state index >= 15 is 0 Å². The lowest BCUT2D eigenvalue weighted by Crippen LogP contribution is -2.32. The van der Waals surface area contributed by atoms with Crippen molar-refractivity contribution in [2.24, 2.45) is 0 Å². The summed E-state index contributed by atoms with van der Waals surface area (Å²) in [7, 11) is -6.96. The second-order valence-corrected chi connectivity index (χ2v) is 12.3. The van der Waals surface area contributed by atoms with Crippen LogP contribution in [-0.2, 0) is 19.9 Å². The fraction of sp³-hybridized carbons (Fsp3) is 0.435. The molecule has 1 N–H and O–H groups in total. The molecule has 1 aliphatic rings. The first-order chi connectivity index (χ1) is 15.0. The van der Waals surface area contributed by atoms with Crippen molar-refractivity contribution >= 4 is 25.8 Å². The third-order valence-electron chi connectivity index (χ3n) is 5.81. The van der Waals surface area contributed by atoms with Gasteiger partial charge < -0.3 is 5.32 Å². The molecule has 32 heavy (non-hydrogen) atoms. The number of sulfonamides is 1. The minimum atomic E-state index is -3.66. The first-order valence-corrected chi connectivity index (χ1v) is 14.0. The summed E-state index contributed by atoms with van der Waals surface area (Å²) in [6, 6.07) is 10.6. The van der Waals surface area contributed by atoms with Gasteiger partial charge in [-0.3, -0.25) is 4.79 Å². The van der Waals surface area contributed by atoms with Crippen LogP contribution in [-0.4, -0.2) is 46.4 Å². The minimum absolute atomic E-state index is 0.125. The number of amides is 1. The summed E-state index contributed by atoms with van der Waals surface area (Å²) < 4.78 is 51.0. The molecule has 2 aromatic carbocycles. The Bertz CT molecular complexity index is 1180. The van der Waals surface area contributed by atoms with Gasteiger partial charge in [-0.05, 0) is 62.1 Å². The molecule has 1 atom stereocenters. The van der Waals surface area contributed by atoms with Crippen molar-refractivity contribution in [3.8, 4) is 0 Å². The average Bonchev–Trinajstić information content (AvgIpc) is 3.03. The number of rotatable bonds is 6. The van der Waals surface area contributed by atoms with Crippen LogP contribution in [0.15, 0.2) is 52.3 Å². The van der Waals surface area contributed by atoms with Gasteiger partial charge in [0.25, 0.3) is 5.91 Å². The van der Waals surface area contributed by atoms with E-state index in [0.29, 0.717) is 24.2 Å². The highest BCUT2D eigenvalue weighted by Crippen LogP contribution is 2.23. The minimum Gasteiger partial charge on any atom is -0.346 e. The molecule has 0 aliphatic carbocycles. The van der Waals surface area contributed by atoms with E-state index in [1.807, 2.05) is 0 Å². The molecule has 1 heterocycles. The molecule has 174 valence electrons. The molecule has 0 radical (unpaired) electrons. The summed E-state index contributed by atoms with van der Waals surface area (Å²) in [5.74, 6) is -0.380. The van der Waals surface area contributed by atoms with E-state index < -0.39 is 19.9 Å². The van der Waals surface area contributed by atoms with Gasteiger partial charge in [-0.15, -0.1) is 0 Å². The molecule has 7 nitrogen and oxygen atoms in total. The maximum absolute atomic E-state index is 13.1. The van der Waals surface area contributed by atoms with Crippen molar-refractivity contribution in [3.05, 3.63) is 59.2 Å². The Balaban J connectivity index is 1.81. The van der Waals surface area contributed by atoms with Crippen molar-refractivity contribution in [2.45, 2.75) is 55.4 Å². The summed E-state index contributed by atoms with van der Waals surface area (Å²) in [4.78, 5) is 13.3. The van der Waals surface area contributed by atoms with Crippen LogP contribution in [0, 0.1) is 6.92 Å². The number of aryl methyl sites for hydroxylation is 1. The zero-order valence-corrected chi connectivity index (χ0v) is 20.3. The molecule has 1 unspecified atom stereocenters. The molecule has 9 heteroatoms. The Morgan fingerprint density at radius 3 is 2.03 bits per heavy atom.